The molecular formula is C15H10Cl3N3O4S. The Bertz CT molecular complexity index is 1130. The molecule has 3 rings (SSSR count). The Hall–Kier alpha value is -2.00. The second kappa shape index (κ2) is 6.96. The highest BCUT2D eigenvalue weighted by molar-refractivity contribution is 7.90. The van der Waals surface area contributed by atoms with E-state index in [0.717, 1.165) is 0 Å². The van der Waals surface area contributed by atoms with Gasteiger partial charge in [0, 0.05) is 11.1 Å². The van der Waals surface area contributed by atoms with Crippen molar-refractivity contribution in [1.29, 1.82) is 0 Å². The van der Waals surface area contributed by atoms with E-state index in [4.69, 9.17) is 39.5 Å². The molecule has 0 unspecified atom stereocenters. The molecule has 0 bridgehead atoms. The van der Waals surface area contributed by atoms with Gasteiger partial charge >= 0.3 is 0 Å². The lowest BCUT2D eigenvalue weighted by molar-refractivity contribution is 0.0976. The molecule has 7 nitrogen and oxygen atoms in total. The van der Waals surface area contributed by atoms with Crippen LogP contribution >= 0.6 is 34.8 Å². The summed E-state index contributed by atoms with van der Waals surface area (Å²) < 4.78 is 33.1. The Labute approximate surface area is 163 Å². The molecule has 0 aliphatic heterocycles. The number of halogens is 3. The van der Waals surface area contributed by atoms with Crippen LogP contribution in [0.4, 0.5) is 0 Å². The predicted molar refractivity (Wildman–Crippen MR) is 97.9 cm³/mol. The van der Waals surface area contributed by atoms with Gasteiger partial charge in [-0.05, 0) is 30.3 Å². The van der Waals surface area contributed by atoms with Crippen molar-refractivity contribution in [2.75, 3.05) is 7.11 Å². The summed E-state index contributed by atoms with van der Waals surface area (Å²) in [6.07, 6.45) is 0. The lowest BCUT2D eigenvalue weighted by atomic mass is 10.3. The first-order chi connectivity index (χ1) is 12.2. The molecule has 26 heavy (non-hydrogen) atoms. The third-order valence-corrected chi connectivity index (χ3v) is 5.67. The number of ether oxygens (including phenoxy) is 1. The number of hydrogen-bond donors (Lipinski definition) is 1. The van der Waals surface area contributed by atoms with E-state index in [0.29, 0.717) is 10.5 Å². The largest absolute Gasteiger partial charge is 0.497 e. The van der Waals surface area contributed by atoms with Crippen LogP contribution < -0.4 is 9.46 Å². The lowest BCUT2D eigenvalue weighted by Crippen LogP contribution is -2.31. The molecule has 136 valence electrons. The molecule has 1 amide bonds. The number of carbonyl (C=O) groups is 1. The molecule has 11 heteroatoms. The van der Waals surface area contributed by atoms with Crippen molar-refractivity contribution >= 4 is 56.2 Å². The Balaban J connectivity index is 1.95. The van der Waals surface area contributed by atoms with Crippen molar-refractivity contribution in [3.63, 3.8) is 0 Å². The molecule has 0 fully saturated rings. The van der Waals surface area contributed by atoms with Crippen molar-refractivity contribution in [2.45, 2.75) is 4.90 Å². The van der Waals surface area contributed by atoms with Gasteiger partial charge in [0.25, 0.3) is 15.9 Å². The summed E-state index contributed by atoms with van der Waals surface area (Å²) in [7, 11) is -2.87. The van der Waals surface area contributed by atoms with Gasteiger partial charge in [-0.1, -0.05) is 34.8 Å². The van der Waals surface area contributed by atoms with Gasteiger partial charge in [-0.15, -0.1) is 0 Å². The highest BCUT2D eigenvalue weighted by Crippen LogP contribution is 2.26. The molecule has 0 spiro atoms. The minimum absolute atomic E-state index is 0.0593. The van der Waals surface area contributed by atoms with Crippen LogP contribution in [-0.2, 0) is 10.0 Å². The number of nitrogens with zero attached hydrogens (tertiary/aromatic N) is 2. The Kier molecular flexibility index (Phi) is 5.03. The maximum atomic E-state index is 12.5. The van der Waals surface area contributed by atoms with E-state index in [1.807, 2.05) is 4.72 Å². The monoisotopic (exact) mass is 433 g/mol. The highest BCUT2D eigenvalue weighted by Gasteiger charge is 2.24. The van der Waals surface area contributed by atoms with Crippen LogP contribution in [0.3, 0.4) is 0 Å². The van der Waals surface area contributed by atoms with Gasteiger partial charge in [-0.2, -0.15) is 5.10 Å². The summed E-state index contributed by atoms with van der Waals surface area (Å²) in [5, 5.41) is 4.44. The minimum atomic E-state index is -4.25. The molecule has 0 aliphatic carbocycles. The van der Waals surface area contributed by atoms with Gasteiger partial charge in [0.1, 0.15) is 15.8 Å². The molecule has 0 aliphatic rings. The quantitative estimate of drug-likeness (QED) is 0.636. The zero-order valence-electron chi connectivity index (χ0n) is 13.0. The molecule has 0 atom stereocenters. The number of nitrogens with one attached hydrogen (secondary N) is 1. The standard InChI is InChI=1S/C15H10Cl3N3O4S/c1-25-10-2-3-11(17)13(7-10)26(23,24)20-15(22)12-6-9-4-8(16)5-14(18)21(9)19-12/h2-7H,1H3,(H,20,22). The van der Waals surface area contributed by atoms with Gasteiger partial charge in [0.15, 0.2) is 5.69 Å². The van der Waals surface area contributed by atoms with Crippen molar-refractivity contribution in [2.24, 2.45) is 0 Å². The van der Waals surface area contributed by atoms with Crippen molar-refractivity contribution < 1.29 is 17.9 Å². The minimum Gasteiger partial charge on any atom is -0.497 e. The first-order valence-electron chi connectivity index (χ1n) is 6.97. The van der Waals surface area contributed by atoms with E-state index in [1.54, 1.807) is 0 Å². The fourth-order valence-corrected chi connectivity index (χ4v) is 4.19. The second-order valence-electron chi connectivity index (χ2n) is 5.09. The van der Waals surface area contributed by atoms with E-state index >= 15 is 0 Å². The smallest absolute Gasteiger partial charge is 0.285 e. The first-order valence-corrected chi connectivity index (χ1v) is 9.58. The maximum Gasteiger partial charge on any atom is 0.285 e. The average molecular weight is 435 g/mol. The average Bonchev–Trinajstić information content (AvgIpc) is 2.99. The highest BCUT2D eigenvalue weighted by atomic mass is 35.5. The third kappa shape index (κ3) is 3.59. The summed E-state index contributed by atoms with van der Waals surface area (Å²) in [6, 6.07) is 8.39. The number of methoxy groups -OCH3 is 1. The van der Waals surface area contributed by atoms with Crippen molar-refractivity contribution in [1.82, 2.24) is 14.3 Å². The zero-order chi connectivity index (χ0) is 19.1. The number of carbonyl (C=O) groups excluding carboxylic acids is 1. The van der Waals surface area contributed by atoms with Crippen molar-refractivity contribution in [3.8, 4) is 5.75 Å². The Morgan fingerprint density at radius 3 is 2.58 bits per heavy atom. The molecule has 2 heterocycles. The molecule has 1 N–H and O–H groups in total. The normalized spacial score (nSPS) is 11.5. The molecule has 0 radical (unpaired) electrons. The van der Waals surface area contributed by atoms with Crippen molar-refractivity contribution in [3.05, 3.63) is 57.3 Å². The summed E-state index contributed by atoms with van der Waals surface area (Å²) >= 11 is 17.8. The van der Waals surface area contributed by atoms with Gasteiger partial charge in [0.2, 0.25) is 0 Å². The lowest BCUT2D eigenvalue weighted by Gasteiger charge is -2.09. The van der Waals surface area contributed by atoms with Crippen LogP contribution in [0.1, 0.15) is 10.5 Å². The number of sulfonamides is 1. The first kappa shape index (κ1) is 18.8. The fraction of sp³-hybridized carbons (Fsp3) is 0.0667. The summed E-state index contributed by atoms with van der Waals surface area (Å²) in [4.78, 5) is 12.1. The van der Waals surface area contributed by atoms with Gasteiger partial charge in [0.05, 0.1) is 17.6 Å². The van der Waals surface area contributed by atoms with Gasteiger partial charge in [-0.3, -0.25) is 4.79 Å². The van der Waals surface area contributed by atoms with Crippen LogP contribution in [-0.4, -0.2) is 31.0 Å². The number of hydrogen-bond acceptors (Lipinski definition) is 5. The van der Waals surface area contributed by atoms with Crippen LogP contribution in [0.5, 0.6) is 5.75 Å². The van der Waals surface area contributed by atoms with E-state index in [9.17, 15) is 13.2 Å². The number of pyridine rings is 1. The van der Waals surface area contributed by atoms with Crippen LogP contribution in [0.15, 0.2) is 41.3 Å². The Morgan fingerprint density at radius 2 is 1.88 bits per heavy atom. The van der Waals surface area contributed by atoms with E-state index < -0.39 is 15.9 Å². The number of benzene rings is 1. The molecule has 1 aromatic carbocycles. The number of fused-ring (bicyclic) bond motifs is 1. The zero-order valence-corrected chi connectivity index (χ0v) is 16.1. The number of aromatic nitrogens is 2. The summed E-state index contributed by atoms with van der Waals surface area (Å²) in [5.41, 5.74) is 0.279. The van der Waals surface area contributed by atoms with Gasteiger partial charge < -0.3 is 4.74 Å². The Morgan fingerprint density at radius 1 is 1.15 bits per heavy atom. The van der Waals surface area contributed by atoms with Gasteiger partial charge in [-0.25, -0.2) is 17.7 Å². The molecular weight excluding hydrogens is 425 g/mol. The molecule has 0 saturated heterocycles. The maximum absolute atomic E-state index is 12.5. The fourth-order valence-electron chi connectivity index (χ4n) is 2.18. The van der Waals surface area contributed by atoms with Crippen LogP contribution in [0, 0.1) is 0 Å². The summed E-state index contributed by atoms with van der Waals surface area (Å²) in [6.45, 7) is 0. The van der Waals surface area contributed by atoms with Crippen LogP contribution in [0.2, 0.25) is 15.2 Å². The second-order valence-corrected chi connectivity index (χ2v) is 7.98. The summed E-state index contributed by atoms with van der Waals surface area (Å²) in [5.74, 6) is -0.670. The topological polar surface area (TPSA) is 89.8 Å². The van der Waals surface area contributed by atoms with E-state index in [2.05, 4.69) is 5.10 Å². The SMILES string of the molecule is COc1ccc(Cl)c(S(=O)(=O)NC(=O)c2cc3cc(Cl)cc(Cl)n3n2)c1. The van der Waals surface area contributed by atoms with Crippen LogP contribution in [0.25, 0.3) is 5.52 Å². The predicted octanol–water partition coefficient (Wildman–Crippen LogP) is 3.42. The molecule has 2 aromatic heterocycles. The molecule has 3 aromatic rings. The number of amides is 1. The third-order valence-electron chi connectivity index (χ3n) is 3.37. The molecule has 0 saturated carbocycles. The van der Waals surface area contributed by atoms with E-state index in [1.165, 1.54) is 48.0 Å². The van der Waals surface area contributed by atoms with E-state index in [-0.39, 0.29) is 26.5 Å². The number of rotatable bonds is 4.